The lowest BCUT2D eigenvalue weighted by Gasteiger charge is -2.16. The Labute approximate surface area is 174 Å². The summed E-state index contributed by atoms with van der Waals surface area (Å²) >= 11 is 7.09. The zero-order valence-electron chi connectivity index (χ0n) is 15.0. The lowest BCUT2D eigenvalue weighted by molar-refractivity contribution is 0.102. The first-order chi connectivity index (χ1) is 13.9. The summed E-state index contributed by atoms with van der Waals surface area (Å²) in [4.78, 5) is 31.9. The Morgan fingerprint density at radius 3 is 2.83 bits per heavy atom. The fraction of sp³-hybridized carbons (Fsp3) is 0.263. The second-order valence-corrected chi connectivity index (χ2v) is 8.34. The number of nitrogens with one attached hydrogen (secondary N) is 2. The van der Waals surface area contributed by atoms with Crippen molar-refractivity contribution in [3.8, 4) is 0 Å². The van der Waals surface area contributed by atoms with Crippen molar-refractivity contribution >= 4 is 46.2 Å². The molecule has 4 rings (SSSR count). The lowest BCUT2D eigenvalue weighted by atomic mass is 10.0. The lowest BCUT2D eigenvalue weighted by Crippen LogP contribution is -2.28. The van der Waals surface area contributed by atoms with E-state index in [0.717, 1.165) is 6.42 Å². The summed E-state index contributed by atoms with van der Waals surface area (Å²) in [5, 5.41) is 14.7. The van der Waals surface area contributed by atoms with Crippen LogP contribution >= 0.6 is 23.4 Å². The summed E-state index contributed by atoms with van der Waals surface area (Å²) in [6.07, 6.45) is 1.59. The molecule has 2 amide bonds. The van der Waals surface area contributed by atoms with Crippen LogP contribution in [0.15, 0.2) is 41.5 Å². The summed E-state index contributed by atoms with van der Waals surface area (Å²) in [7, 11) is 0. The minimum atomic E-state index is -1.21. The van der Waals surface area contributed by atoms with Gasteiger partial charge in [0.1, 0.15) is 11.5 Å². The number of amidine groups is 1. The van der Waals surface area contributed by atoms with Gasteiger partial charge in [0.25, 0.3) is 5.91 Å². The minimum absolute atomic E-state index is 0.126. The van der Waals surface area contributed by atoms with Gasteiger partial charge in [-0.3, -0.25) is 15.1 Å². The molecule has 29 heavy (non-hydrogen) atoms. The molecule has 1 aromatic heterocycles. The van der Waals surface area contributed by atoms with Crippen molar-refractivity contribution in [2.45, 2.75) is 18.4 Å². The molecule has 2 heterocycles. The van der Waals surface area contributed by atoms with Crippen molar-refractivity contribution in [2.24, 2.45) is 10.9 Å². The number of nitrogens with zero attached hydrogens (tertiary/aromatic N) is 2. The fourth-order valence-corrected chi connectivity index (χ4v) is 4.59. The molecular weight excluding hydrogens is 419 g/mol. The van der Waals surface area contributed by atoms with E-state index in [1.165, 1.54) is 36.2 Å². The quantitative estimate of drug-likeness (QED) is 0.674. The van der Waals surface area contributed by atoms with Gasteiger partial charge in [-0.1, -0.05) is 23.4 Å². The number of fused-ring (bicyclic) bond motifs is 1. The molecule has 2 aliphatic rings. The van der Waals surface area contributed by atoms with E-state index in [2.05, 4.69) is 20.6 Å². The molecule has 1 saturated carbocycles. The maximum atomic E-state index is 14.7. The van der Waals surface area contributed by atoms with Crippen LogP contribution in [-0.2, 0) is 5.54 Å². The molecule has 0 spiro atoms. The highest BCUT2D eigenvalue weighted by molar-refractivity contribution is 8.13. The number of pyridine rings is 1. The molecule has 2 aromatic rings. The Morgan fingerprint density at radius 2 is 2.10 bits per heavy atom. The van der Waals surface area contributed by atoms with Crippen molar-refractivity contribution in [3.63, 3.8) is 0 Å². The van der Waals surface area contributed by atoms with E-state index < -0.39 is 23.4 Å². The van der Waals surface area contributed by atoms with Crippen LogP contribution in [0.3, 0.4) is 0 Å². The number of carbonyl (C=O) groups excluding carboxylic acids is 1. The van der Waals surface area contributed by atoms with Crippen LogP contribution in [0, 0.1) is 11.7 Å². The van der Waals surface area contributed by atoms with Crippen LogP contribution in [0.5, 0.6) is 0 Å². The third-order valence-corrected chi connectivity index (χ3v) is 6.07. The highest BCUT2D eigenvalue weighted by atomic mass is 35.5. The first-order valence-corrected chi connectivity index (χ1v) is 10.2. The zero-order chi connectivity index (χ0) is 20.6. The van der Waals surface area contributed by atoms with Crippen molar-refractivity contribution in [1.82, 2.24) is 10.3 Å². The van der Waals surface area contributed by atoms with Crippen molar-refractivity contribution in [3.05, 3.63) is 58.6 Å². The standard InChI is InChI=1S/C19H16ClFN4O3S/c20-11-1-4-15(22-9-11)16(26)23-12-2-3-14(21)13(7-12)19-8-10(19)5-6-29-17(25-19)24-18(27)28/h1-4,7,9-10H,5-6,8H2,(H,23,26)(H,24,25)(H,27,28). The van der Waals surface area contributed by atoms with Crippen molar-refractivity contribution in [1.29, 1.82) is 0 Å². The van der Waals surface area contributed by atoms with E-state index in [0.29, 0.717) is 28.4 Å². The highest BCUT2D eigenvalue weighted by Crippen LogP contribution is 2.59. The van der Waals surface area contributed by atoms with Gasteiger partial charge < -0.3 is 10.4 Å². The van der Waals surface area contributed by atoms with Gasteiger partial charge in [-0.25, -0.2) is 14.2 Å². The number of rotatable bonds is 3. The molecule has 1 aromatic carbocycles. The largest absolute Gasteiger partial charge is 0.465 e. The molecule has 0 saturated heterocycles. The van der Waals surface area contributed by atoms with E-state index in [4.69, 9.17) is 16.7 Å². The topological polar surface area (TPSA) is 104 Å². The first kappa shape index (κ1) is 19.7. The number of hydrogen-bond acceptors (Lipinski definition) is 5. The molecule has 1 aliphatic heterocycles. The summed E-state index contributed by atoms with van der Waals surface area (Å²) in [5.74, 6) is -0.0645. The second-order valence-electron chi connectivity index (χ2n) is 6.82. The maximum Gasteiger partial charge on any atom is 0.410 e. The molecule has 2 unspecified atom stereocenters. The monoisotopic (exact) mass is 434 g/mol. The number of thioether (sulfide) groups is 1. The predicted octanol–water partition coefficient (Wildman–Crippen LogP) is 4.10. The highest BCUT2D eigenvalue weighted by Gasteiger charge is 2.57. The number of anilines is 1. The van der Waals surface area contributed by atoms with Gasteiger partial charge in [0.2, 0.25) is 0 Å². The maximum absolute atomic E-state index is 14.7. The van der Waals surface area contributed by atoms with Crippen LogP contribution in [0.2, 0.25) is 5.02 Å². The third kappa shape index (κ3) is 4.06. The zero-order valence-corrected chi connectivity index (χ0v) is 16.6. The number of aromatic nitrogens is 1. The van der Waals surface area contributed by atoms with E-state index in [1.807, 2.05) is 0 Å². The Balaban J connectivity index is 1.62. The van der Waals surface area contributed by atoms with Gasteiger partial charge in [0.05, 0.1) is 10.6 Å². The van der Waals surface area contributed by atoms with Gasteiger partial charge in [-0.15, -0.1) is 0 Å². The van der Waals surface area contributed by atoms with E-state index in [9.17, 15) is 14.0 Å². The van der Waals surface area contributed by atoms with Gasteiger partial charge in [-0.2, -0.15) is 0 Å². The molecule has 1 aliphatic carbocycles. The molecule has 0 bridgehead atoms. The average molecular weight is 435 g/mol. The molecule has 3 N–H and O–H groups in total. The van der Waals surface area contributed by atoms with E-state index in [1.54, 1.807) is 12.1 Å². The molecule has 0 radical (unpaired) electrons. The van der Waals surface area contributed by atoms with Crippen LogP contribution in [-0.4, -0.2) is 33.0 Å². The Bertz CT molecular complexity index is 1020. The van der Waals surface area contributed by atoms with Crippen LogP contribution in [0.25, 0.3) is 0 Å². The van der Waals surface area contributed by atoms with Gasteiger partial charge in [-0.05, 0) is 49.1 Å². The van der Waals surface area contributed by atoms with Crippen LogP contribution in [0.4, 0.5) is 14.9 Å². The summed E-state index contributed by atoms with van der Waals surface area (Å²) in [5.41, 5.74) is 0.115. The van der Waals surface area contributed by atoms with Crippen LogP contribution < -0.4 is 10.6 Å². The Hall–Kier alpha value is -2.65. The number of aliphatic imine (C=N–C) groups is 1. The average Bonchev–Trinajstić information content (AvgIpc) is 3.38. The number of halogens is 2. The first-order valence-electron chi connectivity index (χ1n) is 8.83. The Kier molecular flexibility index (Phi) is 5.18. The molecule has 150 valence electrons. The number of carbonyl (C=O) groups is 2. The van der Waals surface area contributed by atoms with Crippen molar-refractivity contribution < 1.29 is 19.1 Å². The fourth-order valence-electron chi connectivity index (χ4n) is 3.49. The third-order valence-electron chi connectivity index (χ3n) is 4.94. The number of carboxylic acid groups (broad SMARTS) is 1. The molecular formula is C19H16ClFN4O3S. The molecule has 7 nitrogen and oxygen atoms in total. The molecule has 10 heteroatoms. The summed E-state index contributed by atoms with van der Waals surface area (Å²) in [6.45, 7) is 0. The number of benzene rings is 1. The number of hydrogen-bond donors (Lipinski definition) is 3. The van der Waals surface area contributed by atoms with Gasteiger partial charge in [0, 0.05) is 23.2 Å². The second kappa shape index (κ2) is 7.64. The normalized spacial score (nSPS) is 22.7. The Morgan fingerprint density at radius 1 is 1.28 bits per heavy atom. The van der Waals surface area contributed by atoms with Crippen molar-refractivity contribution in [2.75, 3.05) is 11.1 Å². The van der Waals surface area contributed by atoms with E-state index >= 15 is 0 Å². The molecule has 1 fully saturated rings. The van der Waals surface area contributed by atoms with Crippen LogP contribution in [0.1, 0.15) is 28.9 Å². The minimum Gasteiger partial charge on any atom is -0.465 e. The van der Waals surface area contributed by atoms with Gasteiger partial charge >= 0.3 is 6.09 Å². The molecule has 2 atom stereocenters. The SMILES string of the molecule is O=C(O)NC1=NC2(c3cc(NC(=O)c4ccc(Cl)cn4)ccc3F)CC2CCS1. The smallest absolute Gasteiger partial charge is 0.410 e. The summed E-state index contributed by atoms with van der Waals surface area (Å²) in [6, 6.07) is 7.35. The van der Waals surface area contributed by atoms with E-state index in [-0.39, 0.29) is 16.8 Å². The summed E-state index contributed by atoms with van der Waals surface area (Å²) < 4.78 is 14.7. The van der Waals surface area contributed by atoms with Gasteiger partial charge in [0.15, 0.2) is 5.17 Å². The predicted molar refractivity (Wildman–Crippen MR) is 109 cm³/mol. The number of amides is 2.